The molecule has 3 rings (SSSR count). The number of phenols is 1. The van der Waals surface area contributed by atoms with Gasteiger partial charge in [-0.25, -0.2) is 0 Å². The fraction of sp³-hybridized carbons (Fsp3) is 0.118. The molecule has 0 fully saturated rings. The van der Waals surface area contributed by atoms with E-state index in [0.29, 0.717) is 5.58 Å². The van der Waals surface area contributed by atoms with Crippen molar-refractivity contribution in [3.8, 4) is 5.75 Å². The molecule has 2 aromatic carbocycles. The van der Waals surface area contributed by atoms with Gasteiger partial charge in [-0.1, -0.05) is 6.07 Å². The third-order valence-corrected chi connectivity index (χ3v) is 4.07. The van der Waals surface area contributed by atoms with Gasteiger partial charge in [0, 0.05) is 27.6 Å². The highest BCUT2D eigenvalue weighted by Gasteiger charge is 2.11. The molecule has 4 nitrogen and oxygen atoms in total. The van der Waals surface area contributed by atoms with Crippen LogP contribution in [0.4, 0.5) is 5.69 Å². The molecule has 0 aliphatic heterocycles. The first-order chi connectivity index (χ1) is 10.7. The third kappa shape index (κ3) is 3.09. The van der Waals surface area contributed by atoms with Gasteiger partial charge in [0.25, 0.3) is 0 Å². The van der Waals surface area contributed by atoms with Crippen LogP contribution in [0.2, 0.25) is 0 Å². The molecule has 1 aromatic heterocycles. The van der Waals surface area contributed by atoms with E-state index in [9.17, 15) is 9.90 Å². The summed E-state index contributed by atoms with van der Waals surface area (Å²) in [6.45, 7) is 0. The quantitative estimate of drug-likeness (QED) is 0.714. The van der Waals surface area contributed by atoms with Crippen LogP contribution in [0, 0.1) is 0 Å². The highest BCUT2D eigenvalue weighted by atomic mass is 32.2. The topological polar surface area (TPSA) is 62.5 Å². The molecule has 0 unspecified atom stereocenters. The van der Waals surface area contributed by atoms with Crippen LogP contribution in [-0.2, 0) is 11.2 Å². The lowest BCUT2D eigenvalue weighted by molar-refractivity contribution is -0.115. The number of benzene rings is 2. The zero-order valence-corrected chi connectivity index (χ0v) is 12.8. The Hall–Kier alpha value is -2.40. The van der Waals surface area contributed by atoms with E-state index in [2.05, 4.69) is 5.32 Å². The van der Waals surface area contributed by atoms with Gasteiger partial charge >= 0.3 is 0 Å². The van der Waals surface area contributed by atoms with Crippen molar-refractivity contribution in [2.75, 3.05) is 11.6 Å². The molecule has 1 amide bonds. The van der Waals surface area contributed by atoms with Crippen LogP contribution in [0.15, 0.2) is 58.0 Å². The zero-order chi connectivity index (χ0) is 15.5. The van der Waals surface area contributed by atoms with E-state index in [1.165, 1.54) is 0 Å². The smallest absolute Gasteiger partial charge is 0.228 e. The average molecular weight is 313 g/mol. The predicted molar refractivity (Wildman–Crippen MR) is 88.4 cm³/mol. The minimum atomic E-state index is -0.103. The molecule has 0 aliphatic carbocycles. The molecule has 1 heterocycles. The number of phenolic OH excluding ortho intramolecular Hbond substituents is 1. The fourth-order valence-corrected chi connectivity index (χ4v) is 2.75. The van der Waals surface area contributed by atoms with Gasteiger partial charge < -0.3 is 14.8 Å². The number of nitrogens with one attached hydrogen (secondary N) is 1. The molecule has 0 atom stereocenters. The van der Waals surface area contributed by atoms with Crippen molar-refractivity contribution in [2.45, 2.75) is 11.3 Å². The van der Waals surface area contributed by atoms with Gasteiger partial charge in [0.1, 0.15) is 11.3 Å². The van der Waals surface area contributed by atoms with Crippen molar-refractivity contribution in [1.82, 2.24) is 0 Å². The van der Waals surface area contributed by atoms with Crippen LogP contribution >= 0.6 is 11.8 Å². The summed E-state index contributed by atoms with van der Waals surface area (Å²) in [5.74, 6) is 0.0424. The second-order valence-electron chi connectivity index (χ2n) is 4.90. The molecule has 22 heavy (non-hydrogen) atoms. The van der Waals surface area contributed by atoms with Crippen molar-refractivity contribution in [2.24, 2.45) is 0 Å². The number of rotatable bonds is 4. The maximum Gasteiger partial charge on any atom is 0.228 e. The molecule has 0 radical (unpaired) electrons. The van der Waals surface area contributed by atoms with Crippen LogP contribution in [-0.4, -0.2) is 17.3 Å². The van der Waals surface area contributed by atoms with Crippen LogP contribution < -0.4 is 5.32 Å². The summed E-state index contributed by atoms with van der Waals surface area (Å²) in [5.41, 5.74) is 2.16. The Morgan fingerprint density at radius 2 is 2.14 bits per heavy atom. The van der Waals surface area contributed by atoms with Crippen molar-refractivity contribution < 1.29 is 14.3 Å². The number of hydrogen-bond acceptors (Lipinski definition) is 4. The Morgan fingerprint density at radius 3 is 2.95 bits per heavy atom. The first-order valence-corrected chi connectivity index (χ1v) is 8.01. The molecule has 0 saturated carbocycles. The number of amides is 1. The number of furan rings is 1. The van der Waals surface area contributed by atoms with E-state index in [1.54, 1.807) is 36.2 Å². The molecule has 3 aromatic rings. The number of fused-ring (bicyclic) bond motifs is 1. The Labute approximate surface area is 132 Å². The van der Waals surface area contributed by atoms with Gasteiger partial charge in [-0.15, -0.1) is 11.8 Å². The highest BCUT2D eigenvalue weighted by molar-refractivity contribution is 7.98. The standard InChI is InChI=1S/C17H15NO3S/c1-22-14-4-2-3-12(8-14)18-17(20)7-11-10-21-16-9-13(19)5-6-15(11)16/h2-6,8-10,19H,7H2,1H3,(H,18,20). The van der Waals surface area contributed by atoms with E-state index in [4.69, 9.17) is 4.42 Å². The molecular weight excluding hydrogens is 298 g/mol. The average Bonchev–Trinajstić information content (AvgIpc) is 2.89. The number of anilines is 1. The summed E-state index contributed by atoms with van der Waals surface area (Å²) in [7, 11) is 0. The zero-order valence-electron chi connectivity index (χ0n) is 12.0. The number of thioether (sulfide) groups is 1. The summed E-state index contributed by atoms with van der Waals surface area (Å²) >= 11 is 1.63. The largest absolute Gasteiger partial charge is 0.508 e. The van der Waals surface area contributed by atoms with Crippen molar-refractivity contribution >= 4 is 34.3 Å². The lowest BCUT2D eigenvalue weighted by Gasteiger charge is -2.06. The third-order valence-electron chi connectivity index (χ3n) is 3.34. The van der Waals surface area contributed by atoms with Gasteiger partial charge in [-0.3, -0.25) is 4.79 Å². The summed E-state index contributed by atoms with van der Waals surface area (Å²) in [5, 5.41) is 13.2. The van der Waals surface area contributed by atoms with Crippen molar-refractivity contribution in [1.29, 1.82) is 0 Å². The van der Waals surface area contributed by atoms with E-state index in [1.807, 2.05) is 30.5 Å². The Morgan fingerprint density at radius 1 is 1.27 bits per heavy atom. The van der Waals surface area contributed by atoms with E-state index in [-0.39, 0.29) is 18.1 Å². The Bertz CT molecular complexity index is 826. The fourth-order valence-electron chi connectivity index (χ4n) is 2.29. The maximum absolute atomic E-state index is 12.2. The Kier molecular flexibility index (Phi) is 4.06. The maximum atomic E-state index is 12.2. The SMILES string of the molecule is CSc1cccc(NC(=O)Cc2coc3cc(O)ccc23)c1. The molecule has 0 saturated heterocycles. The first-order valence-electron chi connectivity index (χ1n) is 6.79. The molecule has 5 heteroatoms. The van der Waals surface area contributed by atoms with Gasteiger partial charge in [-0.05, 0) is 36.6 Å². The normalized spacial score (nSPS) is 10.8. The predicted octanol–water partition coefficient (Wildman–Crippen LogP) is 4.04. The number of aromatic hydroxyl groups is 1. The van der Waals surface area contributed by atoms with E-state index < -0.39 is 0 Å². The van der Waals surface area contributed by atoms with Crippen LogP contribution in [0.3, 0.4) is 0 Å². The van der Waals surface area contributed by atoms with Gasteiger partial charge in [0.2, 0.25) is 5.91 Å². The van der Waals surface area contributed by atoms with E-state index in [0.717, 1.165) is 21.5 Å². The number of carbonyl (C=O) groups is 1. The number of carbonyl (C=O) groups excluding carboxylic acids is 1. The minimum absolute atomic E-state index is 0.103. The Balaban J connectivity index is 1.75. The molecule has 0 spiro atoms. The molecule has 2 N–H and O–H groups in total. The lowest BCUT2D eigenvalue weighted by Crippen LogP contribution is -2.14. The van der Waals surface area contributed by atoms with Gasteiger partial charge in [-0.2, -0.15) is 0 Å². The second-order valence-corrected chi connectivity index (χ2v) is 5.78. The van der Waals surface area contributed by atoms with Crippen molar-refractivity contribution in [3.05, 3.63) is 54.3 Å². The summed E-state index contributed by atoms with van der Waals surface area (Å²) in [4.78, 5) is 13.3. The summed E-state index contributed by atoms with van der Waals surface area (Å²) < 4.78 is 5.37. The lowest BCUT2D eigenvalue weighted by atomic mass is 10.1. The molecule has 112 valence electrons. The minimum Gasteiger partial charge on any atom is -0.508 e. The second kappa shape index (κ2) is 6.15. The first kappa shape index (κ1) is 14.5. The van der Waals surface area contributed by atoms with Gasteiger partial charge in [0.05, 0.1) is 12.7 Å². The summed E-state index contributed by atoms with van der Waals surface area (Å²) in [6.07, 6.45) is 3.78. The highest BCUT2D eigenvalue weighted by Crippen LogP contribution is 2.25. The van der Waals surface area contributed by atoms with Gasteiger partial charge in [0.15, 0.2) is 0 Å². The summed E-state index contributed by atoms with van der Waals surface area (Å²) in [6, 6.07) is 12.6. The van der Waals surface area contributed by atoms with Crippen molar-refractivity contribution in [3.63, 3.8) is 0 Å². The molecule has 0 aliphatic rings. The monoisotopic (exact) mass is 313 g/mol. The van der Waals surface area contributed by atoms with Crippen LogP contribution in [0.1, 0.15) is 5.56 Å². The van der Waals surface area contributed by atoms with E-state index >= 15 is 0 Å². The van der Waals surface area contributed by atoms with Crippen LogP contribution in [0.25, 0.3) is 11.0 Å². The molecule has 0 bridgehead atoms. The molecular formula is C17H15NO3S. The van der Waals surface area contributed by atoms with Crippen LogP contribution in [0.5, 0.6) is 5.75 Å². The number of hydrogen-bond donors (Lipinski definition) is 2.